The molecule has 0 aliphatic rings. The number of nitrogens with zero attached hydrogens (tertiary/aromatic N) is 1. The summed E-state index contributed by atoms with van der Waals surface area (Å²) in [6.45, 7) is 1.66. The number of carbonyl (C=O) groups excluding carboxylic acids is 2. The average molecular weight is 379 g/mol. The van der Waals surface area contributed by atoms with Crippen LogP contribution in [-0.4, -0.2) is 36.9 Å². The number of amides is 2. The van der Waals surface area contributed by atoms with Gasteiger partial charge in [-0.2, -0.15) is 0 Å². The third-order valence-electron chi connectivity index (χ3n) is 3.81. The van der Waals surface area contributed by atoms with Crippen LogP contribution >= 0.6 is 0 Å². The summed E-state index contributed by atoms with van der Waals surface area (Å²) < 4.78 is 39.7. The molecule has 8 heteroatoms. The van der Waals surface area contributed by atoms with Crippen LogP contribution in [0.4, 0.5) is 24.5 Å². The summed E-state index contributed by atoms with van der Waals surface area (Å²) in [6, 6.07) is 9.03. The fourth-order valence-corrected chi connectivity index (χ4v) is 2.50. The minimum Gasteiger partial charge on any atom is -0.325 e. The zero-order chi connectivity index (χ0) is 20.0. The van der Waals surface area contributed by atoms with Crippen molar-refractivity contribution in [3.05, 3.63) is 59.4 Å². The maximum absolute atomic E-state index is 13.6. The van der Waals surface area contributed by atoms with E-state index in [2.05, 4.69) is 10.6 Å². The molecule has 0 spiro atoms. The number of hydrogen-bond donors (Lipinski definition) is 2. The summed E-state index contributed by atoms with van der Waals surface area (Å²) in [4.78, 5) is 25.5. The number of rotatable bonds is 7. The molecule has 0 unspecified atom stereocenters. The maximum Gasteiger partial charge on any atom is 0.238 e. The summed E-state index contributed by atoms with van der Waals surface area (Å²) in [5, 5.41) is 4.93. The molecule has 0 fully saturated rings. The lowest BCUT2D eigenvalue weighted by atomic mass is 10.1. The summed E-state index contributed by atoms with van der Waals surface area (Å²) >= 11 is 0. The van der Waals surface area contributed by atoms with Crippen LogP contribution in [-0.2, 0) is 16.0 Å². The van der Waals surface area contributed by atoms with Crippen LogP contribution in [0.1, 0.15) is 12.5 Å². The van der Waals surface area contributed by atoms with E-state index in [0.717, 1.165) is 24.1 Å². The van der Waals surface area contributed by atoms with Crippen molar-refractivity contribution in [1.82, 2.24) is 4.90 Å². The monoisotopic (exact) mass is 379 g/mol. The highest BCUT2D eigenvalue weighted by Gasteiger charge is 2.17. The van der Waals surface area contributed by atoms with Gasteiger partial charge in [-0.15, -0.1) is 0 Å². The van der Waals surface area contributed by atoms with Gasteiger partial charge >= 0.3 is 0 Å². The molecule has 2 aromatic rings. The van der Waals surface area contributed by atoms with Gasteiger partial charge < -0.3 is 10.6 Å². The van der Waals surface area contributed by atoms with E-state index in [1.807, 2.05) is 25.1 Å². The summed E-state index contributed by atoms with van der Waals surface area (Å²) in [5.74, 6) is -5.45. The molecule has 2 rings (SSSR count). The molecule has 5 nitrogen and oxygen atoms in total. The van der Waals surface area contributed by atoms with E-state index in [0.29, 0.717) is 5.69 Å². The highest BCUT2D eigenvalue weighted by atomic mass is 19.2. The lowest BCUT2D eigenvalue weighted by Gasteiger charge is -2.17. The van der Waals surface area contributed by atoms with Crippen LogP contribution in [0.15, 0.2) is 36.4 Å². The van der Waals surface area contributed by atoms with E-state index in [4.69, 9.17) is 0 Å². The van der Waals surface area contributed by atoms with Crippen LogP contribution in [0.2, 0.25) is 0 Å². The van der Waals surface area contributed by atoms with Crippen molar-refractivity contribution >= 4 is 23.2 Å². The topological polar surface area (TPSA) is 61.4 Å². The number of benzene rings is 2. The molecular formula is C19H20F3N3O2. The first-order valence-electron chi connectivity index (χ1n) is 8.31. The molecule has 0 aromatic heterocycles. The van der Waals surface area contributed by atoms with Crippen molar-refractivity contribution in [3.63, 3.8) is 0 Å². The van der Waals surface area contributed by atoms with Gasteiger partial charge in [0.1, 0.15) is 0 Å². The standard InChI is InChI=1S/C19H20F3N3O2/c1-3-12-6-4-5-7-14(12)23-16(26)10-25(2)11-17(27)24-15-9-8-13(20)18(21)19(15)22/h4-9H,3,10-11H2,1-2H3,(H,23,26)(H,24,27). The van der Waals surface area contributed by atoms with Gasteiger partial charge in [0.25, 0.3) is 0 Å². The SMILES string of the molecule is CCc1ccccc1NC(=O)CN(C)CC(=O)Nc1ccc(F)c(F)c1F. The third-order valence-corrected chi connectivity index (χ3v) is 3.81. The number of carbonyl (C=O) groups is 2. The number of likely N-dealkylation sites (N-methyl/N-ethyl adjacent to an activating group) is 1. The number of hydrogen-bond acceptors (Lipinski definition) is 3. The molecular weight excluding hydrogens is 359 g/mol. The second-order valence-electron chi connectivity index (χ2n) is 6.00. The van der Waals surface area contributed by atoms with Crippen molar-refractivity contribution in [3.8, 4) is 0 Å². The Kier molecular flexibility index (Phi) is 6.95. The van der Waals surface area contributed by atoms with Gasteiger partial charge in [0.2, 0.25) is 11.8 Å². The molecule has 0 saturated heterocycles. The molecule has 0 aliphatic heterocycles. The zero-order valence-electron chi connectivity index (χ0n) is 15.0. The number of aryl methyl sites for hydroxylation is 1. The minimum absolute atomic E-state index is 0.0776. The van der Waals surface area contributed by atoms with Crippen molar-refractivity contribution in [2.45, 2.75) is 13.3 Å². The molecule has 0 atom stereocenters. The Balaban J connectivity index is 1.89. The van der Waals surface area contributed by atoms with E-state index >= 15 is 0 Å². The second kappa shape index (κ2) is 9.18. The van der Waals surface area contributed by atoms with Gasteiger partial charge in [-0.3, -0.25) is 14.5 Å². The molecule has 0 bridgehead atoms. The lowest BCUT2D eigenvalue weighted by molar-refractivity contribution is -0.119. The van der Waals surface area contributed by atoms with Crippen molar-refractivity contribution in [2.24, 2.45) is 0 Å². The summed E-state index contributed by atoms with van der Waals surface area (Å²) in [5.41, 5.74) is 1.22. The largest absolute Gasteiger partial charge is 0.325 e. The van der Waals surface area contributed by atoms with Gasteiger partial charge in [-0.25, -0.2) is 13.2 Å². The Morgan fingerprint density at radius 1 is 0.889 bits per heavy atom. The maximum atomic E-state index is 13.6. The first kappa shape index (κ1) is 20.4. The highest BCUT2D eigenvalue weighted by Crippen LogP contribution is 2.19. The molecule has 27 heavy (non-hydrogen) atoms. The predicted molar refractivity (Wildman–Crippen MR) is 96.9 cm³/mol. The van der Waals surface area contributed by atoms with Gasteiger partial charge in [0.15, 0.2) is 17.5 Å². The predicted octanol–water partition coefficient (Wildman–Crippen LogP) is 3.18. The molecule has 0 saturated carbocycles. The fourth-order valence-electron chi connectivity index (χ4n) is 2.50. The fraction of sp³-hybridized carbons (Fsp3) is 0.263. The number of anilines is 2. The molecule has 144 valence electrons. The molecule has 0 radical (unpaired) electrons. The van der Waals surface area contributed by atoms with E-state index < -0.39 is 29.0 Å². The normalized spacial score (nSPS) is 10.7. The molecule has 2 N–H and O–H groups in total. The Morgan fingerprint density at radius 2 is 1.48 bits per heavy atom. The smallest absolute Gasteiger partial charge is 0.238 e. The zero-order valence-corrected chi connectivity index (χ0v) is 15.0. The Bertz CT molecular complexity index is 843. The number of halogens is 3. The Morgan fingerprint density at radius 3 is 2.11 bits per heavy atom. The van der Waals surface area contributed by atoms with Crippen LogP contribution in [0, 0.1) is 17.5 Å². The van der Waals surface area contributed by atoms with Crippen LogP contribution < -0.4 is 10.6 Å². The van der Waals surface area contributed by atoms with Gasteiger partial charge in [0.05, 0.1) is 18.8 Å². The van der Waals surface area contributed by atoms with E-state index in [1.165, 1.54) is 11.9 Å². The van der Waals surface area contributed by atoms with Gasteiger partial charge in [-0.05, 0) is 37.2 Å². The quantitative estimate of drug-likeness (QED) is 0.727. The minimum atomic E-state index is -1.66. The Labute approximate surface area is 155 Å². The molecule has 0 aliphatic carbocycles. The first-order valence-corrected chi connectivity index (χ1v) is 8.31. The lowest BCUT2D eigenvalue weighted by Crippen LogP contribution is -2.36. The van der Waals surface area contributed by atoms with E-state index in [-0.39, 0.29) is 19.0 Å². The van der Waals surface area contributed by atoms with Crippen molar-refractivity contribution in [2.75, 3.05) is 30.8 Å². The second-order valence-corrected chi connectivity index (χ2v) is 6.00. The van der Waals surface area contributed by atoms with E-state index in [9.17, 15) is 22.8 Å². The van der Waals surface area contributed by atoms with Gasteiger partial charge in [-0.1, -0.05) is 25.1 Å². The van der Waals surface area contributed by atoms with Crippen LogP contribution in [0.25, 0.3) is 0 Å². The van der Waals surface area contributed by atoms with Crippen LogP contribution in [0.3, 0.4) is 0 Å². The average Bonchev–Trinajstić information content (AvgIpc) is 2.62. The first-order chi connectivity index (χ1) is 12.8. The van der Waals surface area contributed by atoms with Crippen LogP contribution in [0.5, 0.6) is 0 Å². The number of nitrogens with one attached hydrogen (secondary N) is 2. The molecule has 2 amide bonds. The van der Waals surface area contributed by atoms with Crippen molar-refractivity contribution in [1.29, 1.82) is 0 Å². The summed E-state index contributed by atoms with van der Waals surface area (Å²) in [7, 11) is 1.53. The summed E-state index contributed by atoms with van der Waals surface area (Å²) in [6.07, 6.45) is 0.758. The van der Waals surface area contributed by atoms with E-state index in [1.54, 1.807) is 6.07 Å². The highest BCUT2D eigenvalue weighted by molar-refractivity contribution is 5.95. The third kappa shape index (κ3) is 5.55. The Hall–Kier alpha value is -2.87. The molecule has 0 heterocycles. The molecule has 2 aromatic carbocycles. The van der Waals surface area contributed by atoms with Gasteiger partial charge in [0, 0.05) is 5.69 Å². The number of para-hydroxylation sites is 1. The van der Waals surface area contributed by atoms with Crippen molar-refractivity contribution < 1.29 is 22.8 Å².